The van der Waals surface area contributed by atoms with Crippen LogP contribution in [0.2, 0.25) is 0 Å². The third-order valence-electron chi connectivity index (χ3n) is 2.98. The van der Waals surface area contributed by atoms with Gasteiger partial charge in [0.1, 0.15) is 6.10 Å². The van der Waals surface area contributed by atoms with Gasteiger partial charge in [0.25, 0.3) is 0 Å². The van der Waals surface area contributed by atoms with Gasteiger partial charge in [-0.1, -0.05) is 13.8 Å². The summed E-state index contributed by atoms with van der Waals surface area (Å²) < 4.78 is 10.3. The summed E-state index contributed by atoms with van der Waals surface area (Å²) in [5.74, 6) is 0.379. The second-order valence-electron chi connectivity index (χ2n) is 3.67. The Hall–Kier alpha value is -0.160. The normalized spacial score (nSPS) is 46.4. The SMILES string of the molecule is COC1[C@H](O)OC(CO)[C@H](C)[C@@H]1C. The van der Waals surface area contributed by atoms with E-state index < -0.39 is 6.29 Å². The van der Waals surface area contributed by atoms with Gasteiger partial charge in [-0.3, -0.25) is 0 Å². The van der Waals surface area contributed by atoms with Crippen LogP contribution in [0.25, 0.3) is 0 Å². The lowest BCUT2D eigenvalue weighted by atomic mass is 9.84. The van der Waals surface area contributed by atoms with Gasteiger partial charge in [0.05, 0.1) is 12.7 Å². The molecule has 0 aromatic heterocycles. The molecule has 1 fully saturated rings. The molecule has 0 aromatic carbocycles. The van der Waals surface area contributed by atoms with Crippen molar-refractivity contribution in [3.63, 3.8) is 0 Å². The molecule has 0 saturated carbocycles. The minimum atomic E-state index is -0.923. The molecule has 5 atom stereocenters. The average molecular weight is 190 g/mol. The lowest BCUT2D eigenvalue weighted by Crippen LogP contribution is -2.51. The fourth-order valence-electron chi connectivity index (χ4n) is 1.82. The van der Waals surface area contributed by atoms with E-state index in [4.69, 9.17) is 14.6 Å². The molecular weight excluding hydrogens is 172 g/mol. The summed E-state index contributed by atoms with van der Waals surface area (Å²) in [7, 11) is 1.56. The van der Waals surface area contributed by atoms with Crippen molar-refractivity contribution in [2.45, 2.75) is 32.3 Å². The molecule has 1 saturated heterocycles. The van der Waals surface area contributed by atoms with Gasteiger partial charge >= 0.3 is 0 Å². The molecule has 2 N–H and O–H groups in total. The van der Waals surface area contributed by atoms with Crippen molar-refractivity contribution in [2.24, 2.45) is 11.8 Å². The van der Waals surface area contributed by atoms with Crippen molar-refractivity contribution in [1.82, 2.24) is 0 Å². The quantitative estimate of drug-likeness (QED) is 0.642. The van der Waals surface area contributed by atoms with E-state index in [9.17, 15) is 5.11 Å². The number of ether oxygens (including phenoxy) is 2. The zero-order valence-corrected chi connectivity index (χ0v) is 8.30. The Balaban J connectivity index is 2.66. The van der Waals surface area contributed by atoms with E-state index in [1.54, 1.807) is 7.11 Å². The molecule has 1 rings (SSSR count). The molecule has 1 heterocycles. The van der Waals surface area contributed by atoms with Gasteiger partial charge in [-0.05, 0) is 11.8 Å². The highest BCUT2D eigenvalue weighted by Crippen LogP contribution is 2.30. The Bertz CT molecular complexity index is 162. The summed E-state index contributed by atoms with van der Waals surface area (Å²) in [5, 5.41) is 18.5. The largest absolute Gasteiger partial charge is 0.394 e. The van der Waals surface area contributed by atoms with Crippen LogP contribution in [-0.4, -0.2) is 42.4 Å². The van der Waals surface area contributed by atoms with Gasteiger partial charge in [0.15, 0.2) is 6.29 Å². The average Bonchev–Trinajstić information content (AvgIpc) is 2.12. The minimum Gasteiger partial charge on any atom is -0.394 e. The van der Waals surface area contributed by atoms with E-state index >= 15 is 0 Å². The molecule has 4 heteroatoms. The van der Waals surface area contributed by atoms with Gasteiger partial charge in [-0.2, -0.15) is 0 Å². The number of hydrogen-bond donors (Lipinski definition) is 2. The Kier molecular flexibility index (Phi) is 3.67. The van der Waals surface area contributed by atoms with Crippen LogP contribution >= 0.6 is 0 Å². The zero-order valence-electron chi connectivity index (χ0n) is 8.30. The van der Waals surface area contributed by atoms with Crippen LogP contribution in [0.3, 0.4) is 0 Å². The van der Waals surface area contributed by atoms with Crippen molar-refractivity contribution in [1.29, 1.82) is 0 Å². The molecule has 1 aliphatic rings. The molecule has 0 radical (unpaired) electrons. The van der Waals surface area contributed by atoms with Crippen LogP contribution in [0.5, 0.6) is 0 Å². The van der Waals surface area contributed by atoms with Crippen molar-refractivity contribution < 1.29 is 19.7 Å². The first-order chi connectivity index (χ1) is 6.11. The van der Waals surface area contributed by atoms with E-state index in [2.05, 4.69) is 0 Å². The van der Waals surface area contributed by atoms with Crippen LogP contribution in [-0.2, 0) is 9.47 Å². The van der Waals surface area contributed by atoms with Crippen molar-refractivity contribution in [3.8, 4) is 0 Å². The predicted octanol–water partition coefficient (Wildman–Crippen LogP) is -0.0169. The topological polar surface area (TPSA) is 58.9 Å². The maximum atomic E-state index is 9.50. The van der Waals surface area contributed by atoms with E-state index in [0.717, 1.165) is 0 Å². The summed E-state index contributed by atoms with van der Waals surface area (Å²) in [4.78, 5) is 0. The van der Waals surface area contributed by atoms with Gasteiger partial charge in [-0.15, -0.1) is 0 Å². The van der Waals surface area contributed by atoms with Crippen LogP contribution in [0, 0.1) is 11.8 Å². The van der Waals surface area contributed by atoms with E-state index in [1.807, 2.05) is 13.8 Å². The Morgan fingerprint density at radius 1 is 1.31 bits per heavy atom. The number of aliphatic hydroxyl groups excluding tert-OH is 2. The lowest BCUT2D eigenvalue weighted by molar-refractivity contribution is -0.261. The van der Waals surface area contributed by atoms with E-state index in [-0.39, 0.29) is 30.7 Å². The van der Waals surface area contributed by atoms with Crippen LogP contribution < -0.4 is 0 Å². The van der Waals surface area contributed by atoms with Gasteiger partial charge in [0, 0.05) is 7.11 Å². The predicted molar refractivity (Wildman–Crippen MR) is 47.1 cm³/mol. The van der Waals surface area contributed by atoms with Crippen LogP contribution in [0.15, 0.2) is 0 Å². The molecule has 2 unspecified atom stereocenters. The monoisotopic (exact) mass is 190 g/mol. The molecule has 0 bridgehead atoms. The second-order valence-corrected chi connectivity index (χ2v) is 3.67. The summed E-state index contributed by atoms with van der Waals surface area (Å²) in [6, 6.07) is 0. The number of methoxy groups -OCH3 is 1. The van der Waals surface area contributed by atoms with Crippen LogP contribution in [0.1, 0.15) is 13.8 Å². The van der Waals surface area contributed by atoms with Crippen molar-refractivity contribution in [2.75, 3.05) is 13.7 Å². The van der Waals surface area contributed by atoms with Crippen molar-refractivity contribution in [3.05, 3.63) is 0 Å². The zero-order chi connectivity index (χ0) is 10.0. The lowest BCUT2D eigenvalue weighted by Gasteiger charge is -2.41. The molecule has 0 aromatic rings. The maximum Gasteiger partial charge on any atom is 0.181 e. The highest BCUT2D eigenvalue weighted by atomic mass is 16.6. The van der Waals surface area contributed by atoms with Gasteiger partial charge in [-0.25, -0.2) is 0 Å². The molecule has 0 amide bonds. The Morgan fingerprint density at radius 3 is 2.38 bits per heavy atom. The highest BCUT2D eigenvalue weighted by molar-refractivity contribution is 4.84. The standard InChI is InChI=1S/C9H18O4/c1-5-6(2)8(12-3)9(11)13-7(5)4-10/h5-11H,4H2,1-3H3/t5-,6+,7?,8?,9-/m1/s1. The molecule has 1 aliphatic heterocycles. The highest BCUT2D eigenvalue weighted by Gasteiger charge is 2.40. The Labute approximate surface area is 78.5 Å². The summed E-state index contributed by atoms with van der Waals surface area (Å²) in [6.45, 7) is 3.93. The molecule has 78 valence electrons. The summed E-state index contributed by atoms with van der Waals surface area (Å²) in [5.41, 5.74) is 0. The van der Waals surface area contributed by atoms with Gasteiger partial charge in [0.2, 0.25) is 0 Å². The van der Waals surface area contributed by atoms with E-state index in [1.165, 1.54) is 0 Å². The summed E-state index contributed by atoms with van der Waals surface area (Å²) in [6.07, 6.45) is -1.50. The first-order valence-electron chi connectivity index (χ1n) is 4.59. The number of rotatable bonds is 2. The first kappa shape index (κ1) is 10.9. The number of aliphatic hydroxyl groups is 2. The van der Waals surface area contributed by atoms with Gasteiger partial charge < -0.3 is 19.7 Å². The third-order valence-corrected chi connectivity index (χ3v) is 2.98. The maximum absolute atomic E-state index is 9.50. The van der Waals surface area contributed by atoms with E-state index in [0.29, 0.717) is 0 Å². The smallest absolute Gasteiger partial charge is 0.181 e. The number of hydrogen-bond acceptors (Lipinski definition) is 4. The summed E-state index contributed by atoms with van der Waals surface area (Å²) >= 11 is 0. The van der Waals surface area contributed by atoms with Crippen molar-refractivity contribution >= 4 is 0 Å². The molecule has 0 aliphatic carbocycles. The molecule has 0 spiro atoms. The second kappa shape index (κ2) is 4.37. The first-order valence-corrected chi connectivity index (χ1v) is 4.59. The fourth-order valence-corrected chi connectivity index (χ4v) is 1.82. The fraction of sp³-hybridized carbons (Fsp3) is 1.00. The van der Waals surface area contributed by atoms with Crippen LogP contribution in [0.4, 0.5) is 0 Å². The minimum absolute atomic E-state index is 0.0565. The third kappa shape index (κ3) is 2.02. The molecule has 4 nitrogen and oxygen atoms in total. The molecule has 13 heavy (non-hydrogen) atoms. The molecular formula is C9H18O4. The Morgan fingerprint density at radius 2 is 1.92 bits per heavy atom.